The Balaban J connectivity index is 1.55. The van der Waals surface area contributed by atoms with E-state index >= 15 is 0 Å². The van der Waals surface area contributed by atoms with Gasteiger partial charge in [-0.3, -0.25) is 4.79 Å². The van der Waals surface area contributed by atoms with E-state index in [1.807, 2.05) is 42.5 Å². The van der Waals surface area contributed by atoms with Crippen molar-refractivity contribution in [2.75, 3.05) is 26.2 Å². The summed E-state index contributed by atoms with van der Waals surface area (Å²) in [5, 5.41) is 9.36. The lowest BCUT2D eigenvalue weighted by molar-refractivity contribution is -0.919. The summed E-state index contributed by atoms with van der Waals surface area (Å²) < 4.78 is 13.8. The Hall–Kier alpha value is -2.24. The van der Waals surface area contributed by atoms with Crippen LogP contribution in [0.25, 0.3) is 0 Å². The van der Waals surface area contributed by atoms with Crippen LogP contribution in [0.5, 0.6) is 0 Å². The van der Waals surface area contributed by atoms with Gasteiger partial charge in [0.25, 0.3) is 0 Å². The van der Waals surface area contributed by atoms with E-state index in [4.69, 9.17) is 0 Å². The summed E-state index contributed by atoms with van der Waals surface area (Å²) >= 11 is 0. The molecule has 4 nitrogen and oxygen atoms in total. The Morgan fingerprint density at radius 1 is 1.07 bits per heavy atom. The zero-order chi connectivity index (χ0) is 19.1. The third-order valence-electron chi connectivity index (χ3n) is 5.34. The van der Waals surface area contributed by atoms with E-state index in [0.717, 1.165) is 37.1 Å². The fourth-order valence-corrected chi connectivity index (χ4v) is 3.81. The van der Waals surface area contributed by atoms with E-state index in [9.17, 15) is 14.3 Å². The predicted octanol–water partition coefficient (Wildman–Crippen LogP) is 1.64. The Morgan fingerprint density at radius 3 is 2.41 bits per heavy atom. The van der Waals surface area contributed by atoms with Crippen LogP contribution in [0.4, 0.5) is 4.39 Å². The molecule has 0 aliphatic carbocycles. The second-order valence-electron chi connectivity index (χ2n) is 7.26. The van der Waals surface area contributed by atoms with Crippen LogP contribution >= 0.6 is 0 Å². The molecule has 1 heterocycles. The van der Waals surface area contributed by atoms with Gasteiger partial charge in [-0.05, 0) is 11.6 Å². The van der Waals surface area contributed by atoms with Crippen molar-refractivity contribution in [3.63, 3.8) is 0 Å². The van der Waals surface area contributed by atoms with E-state index < -0.39 is 0 Å². The maximum atomic E-state index is 13.8. The molecule has 1 saturated heterocycles. The number of carbonyl (C=O) groups is 1. The topological polar surface area (TPSA) is 45.0 Å². The summed E-state index contributed by atoms with van der Waals surface area (Å²) in [5.41, 5.74) is 1.81. The molecule has 2 aromatic rings. The molecule has 27 heavy (non-hydrogen) atoms. The van der Waals surface area contributed by atoms with Gasteiger partial charge in [-0.1, -0.05) is 48.5 Å². The number of piperidine rings is 1. The summed E-state index contributed by atoms with van der Waals surface area (Å²) in [6, 6.07) is 16.8. The minimum atomic E-state index is -0.153. The first-order valence-corrected chi connectivity index (χ1v) is 9.68. The Labute approximate surface area is 160 Å². The van der Waals surface area contributed by atoms with Gasteiger partial charge in [0.15, 0.2) is 0 Å². The molecular weight excluding hydrogens is 343 g/mol. The molecule has 1 amide bonds. The molecule has 0 saturated carbocycles. The molecule has 144 valence electrons. The molecule has 1 aliphatic rings. The molecule has 3 rings (SSSR count). The number of amides is 1. The van der Waals surface area contributed by atoms with Gasteiger partial charge in [0, 0.05) is 37.4 Å². The van der Waals surface area contributed by atoms with Gasteiger partial charge in [0.1, 0.15) is 12.4 Å². The van der Waals surface area contributed by atoms with Crippen LogP contribution < -0.4 is 4.90 Å². The third kappa shape index (κ3) is 5.37. The highest BCUT2D eigenvalue weighted by atomic mass is 19.1. The number of nitrogens with zero attached hydrogens (tertiary/aromatic N) is 1. The van der Waals surface area contributed by atoms with Crippen molar-refractivity contribution in [2.45, 2.75) is 25.9 Å². The molecule has 0 spiro atoms. The maximum absolute atomic E-state index is 13.8. The van der Waals surface area contributed by atoms with Gasteiger partial charge >= 0.3 is 0 Å². The van der Waals surface area contributed by atoms with E-state index in [2.05, 4.69) is 0 Å². The fraction of sp³-hybridized carbons (Fsp3) is 0.409. The van der Waals surface area contributed by atoms with Crippen molar-refractivity contribution in [1.82, 2.24) is 4.90 Å². The molecule has 0 unspecified atom stereocenters. The normalized spacial score (nSPS) is 19.6. The Kier molecular flexibility index (Phi) is 6.96. The van der Waals surface area contributed by atoms with Crippen molar-refractivity contribution in [1.29, 1.82) is 0 Å². The lowest BCUT2D eigenvalue weighted by Crippen LogP contribution is -3.11. The van der Waals surface area contributed by atoms with Crippen LogP contribution in [0.3, 0.4) is 0 Å². The largest absolute Gasteiger partial charge is 0.395 e. The number of aliphatic hydroxyl groups excluding tert-OH is 1. The van der Waals surface area contributed by atoms with Gasteiger partial charge in [-0.2, -0.15) is 0 Å². The van der Waals surface area contributed by atoms with Crippen molar-refractivity contribution in [3.8, 4) is 0 Å². The number of quaternary nitrogens is 1. The number of aliphatic hydroxyl groups is 1. The smallest absolute Gasteiger partial charge is 0.226 e. The summed E-state index contributed by atoms with van der Waals surface area (Å²) in [5.74, 6) is -0.0392. The van der Waals surface area contributed by atoms with Crippen LogP contribution in [0.15, 0.2) is 54.6 Å². The van der Waals surface area contributed by atoms with Crippen molar-refractivity contribution >= 4 is 5.91 Å². The first-order chi connectivity index (χ1) is 13.2. The average molecular weight is 371 g/mol. The number of hydrogen-bond donors (Lipinski definition) is 2. The standard InChI is InChI=1S/C22H27FN2O2/c23-21-9-5-4-8-20(21)17-24-12-10-19(11-13-24)22(27)25(14-15-26)16-18-6-2-1-3-7-18/h1-9,19,26H,10-17H2/p+1. The molecule has 5 heteroatoms. The lowest BCUT2D eigenvalue weighted by atomic mass is 9.94. The highest BCUT2D eigenvalue weighted by Crippen LogP contribution is 2.16. The number of hydrogen-bond acceptors (Lipinski definition) is 2. The molecule has 2 aromatic carbocycles. The van der Waals surface area contributed by atoms with Crippen LogP contribution in [-0.2, 0) is 17.9 Å². The summed E-state index contributed by atoms with van der Waals surface area (Å²) in [6.45, 7) is 3.25. The third-order valence-corrected chi connectivity index (χ3v) is 5.34. The number of carbonyl (C=O) groups excluding carboxylic acids is 1. The van der Waals surface area contributed by atoms with Gasteiger partial charge in [0.2, 0.25) is 5.91 Å². The molecule has 0 aromatic heterocycles. The van der Waals surface area contributed by atoms with Crippen LogP contribution in [0.1, 0.15) is 24.0 Å². The van der Waals surface area contributed by atoms with Gasteiger partial charge in [-0.15, -0.1) is 0 Å². The van der Waals surface area contributed by atoms with E-state index in [0.29, 0.717) is 19.6 Å². The minimum absolute atomic E-state index is 0.00960. The lowest BCUT2D eigenvalue weighted by Gasteiger charge is -2.32. The predicted molar refractivity (Wildman–Crippen MR) is 102 cm³/mol. The summed E-state index contributed by atoms with van der Waals surface area (Å²) in [4.78, 5) is 16.0. The highest BCUT2D eigenvalue weighted by molar-refractivity contribution is 5.79. The molecular formula is C22H28FN2O2+. The molecule has 0 atom stereocenters. The molecule has 1 fully saturated rings. The first kappa shape index (κ1) is 19.5. The quantitative estimate of drug-likeness (QED) is 0.777. The number of benzene rings is 2. The second-order valence-corrected chi connectivity index (χ2v) is 7.26. The fourth-order valence-electron chi connectivity index (χ4n) is 3.81. The van der Waals surface area contributed by atoms with Crippen molar-refractivity contribution in [2.24, 2.45) is 5.92 Å². The van der Waals surface area contributed by atoms with E-state index in [1.54, 1.807) is 11.0 Å². The maximum Gasteiger partial charge on any atom is 0.226 e. The minimum Gasteiger partial charge on any atom is -0.395 e. The van der Waals surface area contributed by atoms with E-state index in [-0.39, 0.29) is 24.2 Å². The van der Waals surface area contributed by atoms with Gasteiger partial charge in [0.05, 0.1) is 19.7 Å². The number of rotatable bonds is 7. The van der Waals surface area contributed by atoms with Crippen molar-refractivity contribution in [3.05, 3.63) is 71.5 Å². The second kappa shape index (κ2) is 9.62. The van der Waals surface area contributed by atoms with E-state index in [1.165, 1.54) is 11.0 Å². The van der Waals surface area contributed by atoms with Crippen LogP contribution in [-0.4, -0.2) is 42.2 Å². The molecule has 2 N–H and O–H groups in total. The SMILES string of the molecule is O=C(C1CC[NH+](Cc2ccccc2F)CC1)N(CCO)Cc1ccccc1. The Morgan fingerprint density at radius 2 is 1.74 bits per heavy atom. The molecule has 0 radical (unpaired) electrons. The number of likely N-dealkylation sites (tertiary alicyclic amines) is 1. The monoisotopic (exact) mass is 371 g/mol. The van der Waals surface area contributed by atoms with Crippen molar-refractivity contribution < 1.29 is 19.2 Å². The zero-order valence-electron chi connectivity index (χ0n) is 15.6. The highest BCUT2D eigenvalue weighted by Gasteiger charge is 2.30. The van der Waals surface area contributed by atoms with Gasteiger partial charge in [-0.25, -0.2) is 4.39 Å². The van der Waals surface area contributed by atoms with Crippen LogP contribution in [0.2, 0.25) is 0 Å². The summed E-state index contributed by atoms with van der Waals surface area (Å²) in [6.07, 6.45) is 1.61. The zero-order valence-corrected chi connectivity index (χ0v) is 15.6. The average Bonchev–Trinajstić information content (AvgIpc) is 2.70. The summed E-state index contributed by atoms with van der Waals surface area (Å²) in [7, 11) is 0. The molecule has 1 aliphatic heterocycles. The molecule has 0 bridgehead atoms. The first-order valence-electron chi connectivity index (χ1n) is 9.68. The number of halogens is 1. The Bertz CT molecular complexity index is 730. The number of nitrogens with one attached hydrogen (secondary N) is 1. The van der Waals surface area contributed by atoms with Gasteiger partial charge < -0.3 is 14.9 Å². The van der Waals surface area contributed by atoms with Crippen LogP contribution in [0, 0.1) is 11.7 Å².